The molecule has 0 atom stereocenters. The van der Waals surface area contributed by atoms with Crippen LogP contribution in [0.15, 0.2) is 39.5 Å². The van der Waals surface area contributed by atoms with Crippen LogP contribution in [0, 0.1) is 5.82 Å². The van der Waals surface area contributed by atoms with E-state index < -0.39 is 5.82 Å². The van der Waals surface area contributed by atoms with Crippen LogP contribution in [-0.2, 0) is 6.61 Å². The predicted molar refractivity (Wildman–Crippen MR) is 73.4 cm³/mol. The molecule has 7 heteroatoms. The molecule has 2 aromatic heterocycles. The van der Waals surface area contributed by atoms with Crippen molar-refractivity contribution in [2.24, 2.45) is 0 Å². The second-order valence-corrected chi connectivity index (χ2v) is 5.07. The lowest BCUT2D eigenvalue weighted by atomic mass is 10.3. The zero-order valence-electron chi connectivity index (χ0n) is 10.0. The molecule has 0 radical (unpaired) electrons. The molecule has 0 saturated carbocycles. The molecule has 2 heterocycles. The number of rotatable bonds is 4. The van der Waals surface area contributed by atoms with Crippen molar-refractivity contribution in [3.05, 3.63) is 51.8 Å². The molecular weight excluding hydrogens is 303 g/mol. The van der Waals surface area contributed by atoms with Crippen LogP contribution in [0.25, 0.3) is 11.4 Å². The van der Waals surface area contributed by atoms with Gasteiger partial charge in [0.1, 0.15) is 11.6 Å². The van der Waals surface area contributed by atoms with E-state index in [0.717, 1.165) is 5.56 Å². The molecule has 4 nitrogen and oxygen atoms in total. The fourth-order valence-electron chi connectivity index (χ4n) is 1.55. The number of hydrogen-bond donors (Lipinski definition) is 0. The van der Waals surface area contributed by atoms with Crippen molar-refractivity contribution in [3.63, 3.8) is 0 Å². The maximum atomic E-state index is 12.9. The first kappa shape index (κ1) is 13.1. The van der Waals surface area contributed by atoms with Crippen LogP contribution in [0.3, 0.4) is 0 Å². The topological polar surface area (TPSA) is 48.2 Å². The lowest BCUT2D eigenvalue weighted by Crippen LogP contribution is -1.96. The van der Waals surface area contributed by atoms with Gasteiger partial charge in [0.05, 0.1) is 5.02 Å². The van der Waals surface area contributed by atoms with Gasteiger partial charge in [-0.1, -0.05) is 16.8 Å². The first-order valence-electron chi connectivity index (χ1n) is 5.65. The molecule has 0 spiro atoms. The molecule has 3 aromatic rings. The average molecular weight is 311 g/mol. The zero-order chi connectivity index (χ0) is 13.9. The van der Waals surface area contributed by atoms with Crippen molar-refractivity contribution in [1.29, 1.82) is 0 Å². The summed E-state index contributed by atoms with van der Waals surface area (Å²) in [6, 6.07) is 5.80. The highest BCUT2D eigenvalue weighted by molar-refractivity contribution is 7.08. The van der Waals surface area contributed by atoms with Gasteiger partial charge in [0.15, 0.2) is 6.61 Å². The standard InChI is InChI=1S/C13H8ClFN2O2S/c14-10-5-9(15)1-2-11(10)18-6-12-16-13(17-19-12)8-3-4-20-7-8/h1-5,7H,6H2. The third kappa shape index (κ3) is 2.81. The molecule has 3 rings (SSSR count). The third-order valence-corrected chi connectivity index (χ3v) is 3.47. The highest BCUT2D eigenvalue weighted by Gasteiger charge is 2.10. The molecule has 0 unspecified atom stereocenters. The van der Waals surface area contributed by atoms with Crippen LogP contribution < -0.4 is 4.74 Å². The minimum absolute atomic E-state index is 0.0719. The van der Waals surface area contributed by atoms with Gasteiger partial charge in [-0.05, 0) is 29.6 Å². The minimum atomic E-state index is -0.417. The summed E-state index contributed by atoms with van der Waals surface area (Å²) in [6.45, 7) is 0.0719. The fraction of sp³-hybridized carbons (Fsp3) is 0.0769. The number of nitrogens with zero attached hydrogens (tertiary/aromatic N) is 2. The van der Waals surface area contributed by atoms with Gasteiger partial charge in [0, 0.05) is 10.9 Å². The van der Waals surface area contributed by atoms with E-state index in [1.54, 1.807) is 11.3 Å². The Kier molecular flexibility index (Phi) is 3.66. The molecule has 0 bridgehead atoms. The smallest absolute Gasteiger partial charge is 0.264 e. The maximum absolute atomic E-state index is 12.9. The first-order chi connectivity index (χ1) is 9.72. The molecule has 102 valence electrons. The highest BCUT2D eigenvalue weighted by atomic mass is 35.5. The summed E-state index contributed by atoms with van der Waals surface area (Å²) in [5, 5.41) is 7.91. The van der Waals surface area contributed by atoms with E-state index in [2.05, 4.69) is 10.1 Å². The van der Waals surface area contributed by atoms with Crippen LogP contribution in [0.2, 0.25) is 5.02 Å². The lowest BCUT2D eigenvalue weighted by molar-refractivity contribution is 0.243. The first-order valence-corrected chi connectivity index (χ1v) is 6.97. The molecule has 20 heavy (non-hydrogen) atoms. The van der Waals surface area contributed by atoms with Gasteiger partial charge >= 0.3 is 0 Å². The summed E-state index contributed by atoms with van der Waals surface area (Å²) in [4.78, 5) is 4.20. The van der Waals surface area contributed by atoms with E-state index >= 15 is 0 Å². The van der Waals surface area contributed by atoms with E-state index in [0.29, 0.717) is 17.5 Å². The molecule has 1 aromatic carbocycles. The van der Waals surface area contributed by atoms with Crippen molar-refractivity contribution >= 4 is 22.9 Å². The third-order valence-electron chi connectivity index (χ3n) is 2.49. The number of benzene rings is 1. The molecule has 0 amide bonds. The Bertz CT molecular complexity index is 715. The monoisotopic (exact) mass is 310 g/mol. The molecule has 0 fully saturated rings. The lowest BCUT2D eigenvalue weighted by Gasteiger charge is -2.04. The summed E-state index contributed by atoms with van der Waals surface area (Å²) in [6.07, 6.45) is 0. The van der Waals surface area contributed by atoms with E-state index in [1.165, 1.54) is 18.2 Å². The van der Waals surface area contributed by atoms with Gasteiger partial charge in [0.2, 0.25) is 5.82 Å². The zero-order valence-corrected chi connectivity index (χ0v) is 11.6. The largest absolute Gasteiger partial charge is 0.482 e. The number of aromatic nitrogens is 2. The Morgan fingerprint density at radius 1 is 1.35 bits per heavy atom. The SMILES string of the molecule is Fc1ccc(OCc2nc(-c3ccsc3)no2)c(Cl)c1. The molecule has 0 aliphatic carbocycles. The van der Waals surface area contributed by atoms with Crippen molar-refractivity contribution in [1.82, 2.24) is 10.1 Å². The average Bonchev–Trinajstić information content (AvgIpc) is 3.08. The van der Waals surface area contributed by atoms with Crippen molar-refractivity contribution in [3.8, 4) is 17.1 Å². The second kappa shape index (κ2) is 5.60. The normalized spacial score (nSPS) is 10.7. The molecular formula is C13H8ClFN2O2S. The van der Waals surface area contributed by atoms with Gasteiger partial charge in [-0.3, -0.25) is 0 Å². The van der Waals surface area contributed by atoms with Crippen molar-refractivity contribution in [2.45, 2.75) is 6.61 Å². The predicted octanol–water partition coefficient (Wildman–Crippen LogP) is 4.17. The van der Waals surface area contributed by atoms with E-state index in [9.17, 15) is 4.39 Å². The molecule has 0 aliphatic rings. The summed E-state index contributed by atoms with van der Waals surface area (Å²) in [5.74, 6) is 0.782. The second-order valence-electron chi connectivity index (χ2n) is 3.89. The summed E-state index contributed by atoms with van der Waals surface area (Å²) in [5.41, 5.74) is 0.893. The Hall–Kier alpha value is -1.92. The summed E-state index contributed by atoms with van der Waals surface area (Å²) < 4.78 is 23.4. The van der Waals surface area contributed by atoms with Crippen molar-refractivity contribution in [2.75, 3.05) is 0 Å². The fourth-order valence-corrected chi connectivity index (χ4v) is 2.41. The van der Waals surface area contributed by atoms with Gasteiger partial charge < -0.3 is 9.26 Å². The molecule has 0 saturated heterocycles. The Morgan fingerprint density at radius 3 is 3.00 bits per heavy atom. The number of thiophene rings is 1. The van der Waals surface area contributed by atoms with Gasteiger partial charge in [-0.2, -0.15) is 16.3 Å². The van der Waals surface area contributed by atoms with Crippen LogP contribution in [0.4, 0.5) is 4.39 Å². The number of ether oxygens (including phenoxy) is 1. The van der Waals surface area contributed by atoms with Gasteiger partial charge in [-0.25, -0.2) is 4.39 Å². The molecule has 0 N–H and O–H groups in total. The van der Waals surface area contributed by atoms with E-state index in [-0.39, 0.29) is 11.6 Å². The van der Waals surface area contributed by atoms with Crippen molar-refractivity contribution < 1.29 is 13.7 Å². The van der Waals surface area contributed by atoms with E-state index in [4.69, 9.17) is 20.9 Å². The van der Waals surface area contributed by atoms with Crippen LogP contribution >= 0.6 is 22.9 Å². The number of hydrogen-bond acceptors (Lipinski definition) is 5. The van der Waals surface area contributed by atoms with Gasteiger partial charge in [-0.15, -0.1) is 0 Å². The highest BCUT2D eigenvalue weighted by Crippen LogP contribution is 2.26. The minimum Gasteiger partial charge on any atom is -0.482 e. The van der Waals surface area contributed by atoms with Gasteiger partial charge in [0.25, 0.3) is 5.89 Å². The maximum Gasteiger partial charge on any atom is 0.264 e. The molecule has 0 aliphatic heterocycles. The Labute approximate surface area is 122 Å². The van der Waals surface area contributed by atoms with Crippen LogP contribution in [0.1, 0.15) is 5.89 Å². The van der Waals surface area contributed by atoms with E-state index in [1.807, 2.05) is 16.8 Å². The summed E-state index contributed by atoms with van der Waals surface area (Å²) in [7, 11) is 0. The Balaban J connectivity index is 1.70. The summed E-state index contributed by atoms with van der Waals surface area (Å²) >= 11 is 7.40. The van der Waals surface area contributed by atoms with Crippen LogP contribution in [0.5, 0.6) is 5.75 Å². The van der Waals surface area contributed by atoms with Crippen LogP contribution in [-0.4, -0.2) is 10.1 Å². The quantitative estimate of drug-likeness (QED) is 0.725. The Morgan fingerprint density at radius 2 is 2.25 bits per heavy atom. The number of halogens is 2.